The van der Waals surface area contributed by atoms with Gasteiger partial charge in [0, 0.05) is 26.1 Å². The summed E-state index contributed by atoms with van der Waals surface area (Å²) in [5.41, 5.74) is 6.75. The van der Waals surface area contributed by atoms with Crippen LogP contribution in [0.25, 0.3) is 0 Å². The summed E-state index contributed by atoms with van der Waals surface area (Å²) >= 11 is 0. The average molecular weight is 290 g/mol. The van der Waals surface area contributed by atoms with Gasteiger partial charge in [-0.25, -0.2) is 0 Å². The second-order valence-electron chi connectivity index (χ2n) is 5.62. The van der Waals surface area contributed by atoms with E-state index in [4.69, 9.17) is 10.5 Å². The molecule has 1 amide bonds. The highest BCUT2D eigenvalue weighted by Gasteiger charge is 2.19. The third kappa shape index (κ3) is 5.48. The molecule has 1 aromatic rings. The van der Waals surface area contributed by atoms with E-state index in [1.165, 1.54) is 5.56 Å². The Morgan fingerprint density at radius 3 is 2.81 bits per heavy atom. The van der Waals surface area contributed by atoms with Gasteiger partial charge in [-0.1, -0.05) is 30.3 Å². The van der Waals surface area contributed by atoms with Crippen molar-refractivity contribution in [2.45, 2.75) is 44.8 Å². The molecule has 1 fully saturated rings. The van der Waals surface area contributed by atoms with Gasteiger partial charge in [-0.05, 0) is 37.8 Å². The Balaban J connectivity index is 1.86. The summed E-state index contributed by atoms with van der Waals surface area (Å²) in [4.78, 5) is 14.4. The van der Waals surface area contributed by atoms with Gasteiger partial charge < -0.3 is 15.4 Å². The predicted octanol–water partition coefficient (Wildman–Crippen LogP) is 2.32. The van der Waals surface area contributed by atoms with Gasteiger partial charge in [0.05, 0.1) is 6.10 Å². The highest BCUT2D eigenvalue weighted by molar-refractivity contribution is 5.76. The number of nitrogens with zero attached hydrogens (tertiary/aromatic N) is 1. The SMILES string of the molecule is NCCCN(Cc1ccccc1)C(=O)CCC1CCCO1. The van der Waals surface area contributed by atoms with Crippen LogP contribution in [0.2, 0.25) is 0 Å². The molecule has 4 heteroatoms. The largest absolute Gasteiger partial charge is 0.378 e. The van der Waals surface area contributed by atoms with E-state index >= 15 is 0 Å². The fraction of sp³-hybridized carbons (Fsp3) is 0.588. The Kier molecular flexibility index (Phi) is 6.70. The quantitative estimate of drug-likeness (QED) is 0.799. The van der Waals surface area contributed by atoms with Gasteiger partial charge in [-0.15, -0.1) is 0 Å². The van der Waals surface area contributed by atoms with Gasteiger partial charge in [0.1, 0.15) is 0 Å². The van der Waals surface area contributed by atoms with Crippen LogP contribution in [0.15, 0.2) is 30.3 Å². The molecule has 1 aromatic carbocycles. The van der Waals surface area contributed by atoms with Gasteiger partial charge in [0.15, 0.2) is 0 Å². The molecule has 1 atom stereocenters. The van der Waals surface area contributed by atoms with Crippen molar-refractivity contribution in [2.24, 2.45) is 5.73 Å². The number of amides is 1. The first-order chi connectivity index (χ1) is 10.3. The number of benzene rings is 1. The van der Waals surface area contributed by atoms with Crippen molar-refractivity contribution in [1.82, 2.24) is 4.90 Å². The summed E-state index contributed by atoms with van der Waals surface area (Å²) in [6.07, 6.45) is 4.75. The number of ether oxygens (including phenoxy) is 1. The monoisotopic (exact) mass is 290 g/mol. The molecular weight excluding hydrogens is 264 g/mol. The van der Waals surface area contributed by atoms with Crippen molar-refractivity contribution >= 4 is 5.91 Å². The summed E-state index contributed by atoms with van der Waals surface area (Å²) < 4.78 is 5.59. The molecule has 1 heterocycles. The Bertz CT molecular complexity index is 416. The maximum Gasteiger partial charge on any atom is 0.222 e. The molecule has 0 saturated carbocycles. The van der Waals surface area contributed by atoms with Crippen molar-refractivity contribution in [3.63, 3.8) is 0 Å². The Hall–Kier alpha value is -1.39. The van der Waals surface area contributed by atoms with E-state index in [9.17, 15) is 4.79 Å². The molecular formula is C17H26N2O2. The molecule has 0 bridgehead atoms. The zero-order chi connectivity index (χ0) is 14.9. The van der Waals surface area contributed by atoms with Crippen LogP contribution in [0.1, 0.15) is 37.7 Å². The van der Waals surface area contributed by atoms with Crippen molar-refractivity contribution in [1.29, 1.82) is 0 Å². The Morgan fingerprint density at radius 2 is 2.14 bits per heavy atom. The number of rotatable bonds is 8. The van der Waals surface area contributed by atoms with Crippen LogP contribution in [0.5, 0.6) is 0 Å². The highest BCUT2D eigenvalue weighted by Crippen LogP contribution is 2.18. The molecule has 21 heavy (non-hydrogen) atoms. The molecule has 0 radical (unpaired) electrons. The van der Waals surface area contributed by atoms with E-state index in [2.05, 4.69) is 12.1 Å². The fourth-order valence-corrected chi connectivity index (χ4v) is 2.69. The van der Waals surface area contributed by atoms with E-state index in [-0.39, 0.29) is 12.0 Å². The first kappa shape index (κ1) is 16.0. The minimum Gasteiger partial charge on any atom is -0.378 e. The molecule has 2 N–H and O–H groups in total. The van der Waals surface area contributed by atoms with Crippen LogP contribution < -0.4 is 5.73 Å². The van der Waals surface area contributed by atoms with E-state index in [0.29, 0.717) is 19.5 Å². The second kappa shape index (κ2) is 8.80. The van der Waals surface area contributed by atoms with Crippen LogP contribution in [0.3, 0.4) is 0 Å². The fourth-order valence-electron chi connectivity index (χ4n) is 2.69. The maximum atomic E-state index is 12.4. The highest BCUT2D eigenvalue weighted by atomic mass is 16.5. The molecule has 0 aliphatic carbocycles. The molecule has 0 spiro atoms. The number of hydrogen-bond donors (Lipinski definition) is 1. The molecule has 1 aliphatic rings. The first-order valence-electron chi connectivity index (χ1n) is 7.93. The topological polar surface area (TPSA) is 55.6 Å². The summed E-state index contributed by atoms with van der Waals surface area (Å²) in [7, 11) is 0. The summed E-state index contributed by atoms with van der Waals surface area (Å²) in [5.74, 6) is 0.211. The van der Waals surface area contributed by atoms with Crippen molar-refractivity contribution in [3.8, 4) is 0 Å². The average Bonchev–Trinajstić information content (AvgIpc) is 3.03. The van der Waals surface area contributed by atoms with Crippen molar-refractivity contribution in [3.05, 3.63) is 35.9 Å². The van der Waals surface area contributed by atoms with Crippen LogP contribution in [0.4, 0.5) is 0 Å². The molecule has 116 valence electrons. The van der Waals surface area contributed by atoms with E-state index < -0.39 is 0 Å². The van der Waals surface area contributed by atoms with E-state index in [1.54, 1.807) is 0 Å². The van der Waals surface area contributed by atoms with Crippen LogP contribution in [0, 0.1) is 0 Å². The van der Waals surface area contributed by atoms with Crippen LogP contribution in [-0.2, 0) is 16.1 Å². The van der Waals surface area contributed by atoms with Gasteiger partial charge in [-0.3, -0.25) is 4.79 Å². The zero-order valence-corrected chi connectivity index (χ0v) is 12.7. The molecule has 1 aliphatic heterocycles. The smallest absolute Gasteiger partial charge is 0.222 e. The second-order valence-corrected chi connectivity index (χ2v) is 5.62. The molecule has 1 saturated heterocycles. The van der Waals surface area contributed by atoms with Gasteiger partial charge in [-0.2, -0.15) is 0 Å². The number of carbonyl (C=O) groups excluding carboxylic acids is 1. The van der Waals surface area contributed by atoms with Crippen LogP contribution >= 0.6 is 0 Å². The number of carbonyl (C=O) groups is 1. The van der Waals surface area contributed by atoms with Gasteiger partial charge in [0.25, 0.3) is 0 Å². The Morgan fingerprint density at radius 1 is 1.33 bits per heavy atom. The zero-order valence-electron chi connectivity index (χ0n) is 12.7. The lowest BCUT2D eigenvalue weighted by molar-refractivity contribution is -0.132. The van der Waals surface area contributed by atoms with E-state index in [0.717, 1.165) is 38.8 Å². The van der Waals surface area contributed by atoms with E-state index in [1.807, 2.05) is 23.1 Å². The standard InChI is InChI=1S/C17H26N2O2/c18-11-5-12-19(14-15-6-2-1-3-7-15)17(20)10-9-16-8-4-13-21-16/h1-3,6-7,16H,4-5,8-14,18H2. The maximum absolute atomic E-state index is 12.4. The van der Waals surface area contributed by atoms with Crippen molar-refractivity contribution < 1.29 is 9.53 Å². The summed E-state index contributed by atoms with van der Waals surface area (Å²) in [6.45, 7) is 2.87. The van der Waals surface area contributed by atoms with Crippen LogP contribution in [-0.4, -0.2) is 36.6 Å². The normalized spacial score (nSPS) is 17.9. The van der Waals surface area contributed by atoms with Gasteiger partial charge >= 0.3 is 0 Å². The predicted molar refractivity (Wildman–Crippen MR) is 83.7 cm³/mol. The molecule has 0 aromatic heterocycles. The third-order valence-corrected chi connectivity index (χ3v) is 3.91. The lowest BCUT2D eigenvalue weighted by Gasteiger charge is -2.23. The minimum absolute atomic E-state index is 0.211. The summed E-state index contributed by atoms with van der Waals surface area (Å²) in [5, 5.41) is 0. The molecule has 1 unspecified atom stereocenters. The van der Waals surface area contributed by atoms with Gasteiger partial charge in [0.2, 0.25) is 5.91 Å². The van der Waals surface area contributed by atoms with Crippen molar-refractivity contribution in [2.75, 3.05) is 19.7 Å². The lowest BCUT2D eigenvalue weighted by atomic mass is 10.1. The lowest BCUT2D eigenvalue weighted by Crippen LogP contribution is -2.33. The molecule has 2 rings (SSSR count). The number of nitrogens with two attached hydrogens (primary N) is 1. The molecule has 4 nitrogen and oxygen atoms in total. The summed E-state index contributed by atoms with van der Waals surface area (Å²) in [6, 6.07) is 10.1. The Labute approximate surface area is 127 Å². The third-order valence-electron chi connectivity index (χ3n) is 3.91. The first-order valence-corrected chi connectivity index (χ1v) is 7.93. The minimum atomic E-state index is 0.211. The number of hydrogen-bond acceptors (Lipinski definition) is 3.